The average molecular weight is 503 g/mol. The maximum atomic E-state index is 12.5. The van der Waals surface area contributed by atoms with Gasteiger partial charge in [-0.2, -0.15) is 13.2 Å². The number of alkyl halides is 3. The summed E-state index contributed by atoms with van der Waals surface area (Å²) in [6.45, 7) is 4.46. The van der Waals surface area contributed by atoms with Crippen LogP contribution in [0.3, 0.4) is 0 Å². The number of carbonyl (C=O) groups is 2. The van der Waals surface area contributed by atoms with E-state index in [2.05, 4.69) is 29.1 Å². The van der Waals surface area contributed by atoms with E-state index >= 15 is 0 Å². The first-order valence-corrected chi connectivity index (χ1v) is 11.3. The van der Waals surface area contributed by atoms with Crippen molar-refractivity contribution >= 4 is 17.7 Å². The van der Waals surface area contributed by atoms with Gasteiger partial charge in [-0.05, 0) is 48.6 Å². The Hall–Kier alpha value is -3.95. The second-order valence-electron chi connectivity index (χ2n) is 8.43. The predicted molar refractivity (Wildman–Crippen MR) is 131 cm³/mol. The normalized spacial score (nSPS) is 10.9. The van der Waals surface area contributed by atoms with Gasteiger partial charge in [-0.3, -0.25) is 14.6 Å². The first-order chi connectivity index (χ1) is 17.0. The zero-order chi connectivity index (χ0) is 26.7. The highest BCUT2D eigenvalue weighted by molar-refractivity contribution is 5.94. The standard InChI is InChI=1S/C17H18F3N.C9H11N3O3/c1-12(2)3-4-13-5-7-14(8-6-13)16-10-9-15(11-21-16)17(18,19)20;10-7-2-1-6(5-12-7)9(15)11-4-3-8(13)14/h5-12H,3-4H2,1-2H3;1-2,5H,3-4H2,(H2,10,12)(H,11,15)(H,13,14). The Morgan fingerprint density at radius 3 is 2.19 bits per heavy atom. The van der Waals surface area contributed by atoms with Gasteiger partial charge < -0.3 is 16.2 Å². The molecule has 0 atom stereocenters. The number of carboxylic acids is 1. The highest BCUT2D eigenvalue weighted by Crippen LogP contribution is 2.29. The number of anilines is 1. The van der Waals surface area contributed by atoms with E-state index in [1.54, 1.807) is 0 Å². The molecule has 0 unspecified atom stereocenters. The number of pyridine rings is 2. The van der Waals surface area contributed by atoms with Gasteiger partial charge in [-0.15, -0.1) is 0 Å². The van der Waals surface area contributed by atoms with Gasteiger partial charge in [0.05, 0.1) is 23.2 Å². The number of nitrogens with one attached hydrogen (secondary N) is 1. The summed E-state index contributed by atoms with van der Waals surface area (Å²) in [5.41, 5.74) is 7.60. The van der Waals surface area contributed by atoms with E-state index in [1.807, 2.05) is 24.3 Å². The number of nitrogen functional groups attached to an aromatic ring is 1. The summed E-state index contributed by atoms with van der Waals surface area (Å²) >= 11 is 0. The monoisotopic (exact) mass is 502 g/mol. The Labute approximate surface area is 207 Å². The van der Waals surface area contributed by atoms with Gasteiger partial charge in [0, 0.05) is 24.5 Å². The van der Waals surface area contributed by atoms with E-state index in [9.17, 15) is 22.8 Å². The summed E-state index contributed by atoms with van der Waals surface area (Å²) < 4.78 is 37.5. The van der Waals surface area contributed by atoms with Crippen molar-refractivity contribution in [1.29, 1.82) is 0 Å². The van der Waals surface area contributed by atoms with Gasteiger partial charge in [0.25, 0.3) is 5.91 Å². The Morgan fingerprint density at radius 2 is 1.69 bits per heavy atom. The fraction of sp³-hybridized carbons (Fsp3) is 0.308. The Morgan fingerprint density at radius 1 is 1.00 bits per heavy atom. The second-order valence-corrected chi connectivity index (χ2v) is 8.43. The third-order valence-electron chi connectivity index (χ3n) is 5.02. The number of amides is 1. The van der Waals surface area contributed by atoms with Gasteiger partial charge >= 0.3 is 12.1 Å². The summed E-state index contributed by atoms with van der Waals surface area (Å²) in [6.07, 6.45) is -0.0932. The first kappa shape index (κ1) is 28.3. The van der Waals surface area contributed by atoms with Crippen molar-refractivity contribution in [3.63, 3.8) is 0 Å². The molecule has 0 spiro atoms. The number of aryl methyl sites for hydroxylation is 1. The number of rotatable bonds is 8. The van der Waals surface area contributed by atoms with Crippen molar-refractivity contribution in [3.8, 4) is 11.3 Å². The second kappa shape index (κ2) is 13.2. The molecule has 1 aromatic carbocycles. The molecule has 2 aromatic heterocycles. The number of nitrogens with zero attached hydrogens (tertiary/aromatic N) is 2. The molecular formula is C26H29F3N4O3. The van der Waals surface area contributed by atoms with Crippen molar-refractivity contribution in [2.45, 2.75) is 39.3 Å². The highest BCUT2D eigenvalue weighted by Gasteiger charge is 2.30. The lowest BCUT2D eigenvalue weighted by Gasteiger charge is -2.08. The van der Waals surface area contributed by atoms with Crippen LogP contribution < -0.4 is 11.1 Å². The number of hydrogen-bond acceptors (Lipinski definition) is 5. The Balaban J connectivity index is 0.000000269. The van der Waals surface area contributed by atoms with Crippen LogP contribution in [0.4, 0.5) is 19.0 Å². The molecule has 0 bridgehead atoms. The van der Waals surface area contributed by atoms with Crippen molar-refractivity contribution in [3.05, 3.63) is 77.6 Å². The molecule has 3 aromatic rings. The molecule has 4 N–H and O–H groups in total. The van der Waals surface area contributed by atoms with E-state index in [0.29, 0.717) is 23.0 Å². The largest absolute Gasteiger partial charge is 0.481 e. The average Bonchev–Trinajstić information content (AvgIpc) is 2.83. The van der Waals surface area contributed by atoms with Crippen molar-refractivity contribution < 1.29 is 27.9 Å². The van der Waals surface area contributed by atoms with Crippen LogP contribution in [0.1, 0.15) is 48.2 Å². The van der Waals surface area contributed by atoms with Crippen molar-refractivity contribution in [2.75, 3.05) is 12.3 Å². The molecule has 36 heavy (non-hydrogen) atoms. The Bertz CT molecular complexity index is 1120. The van der Waals surface area contributed by atoms with Crippen LogP contribution in [0.15, 0.2) is 60.9 Å². The molecule has 0 saturated heterocycles. The number of halogens is 3. The molecule has 0 aliphatic heterocycles. The van der Waals surface area contributed by atoms with Crippen LogP contribution in [-0.4, -0.2) is 33.5 Å². The number of benzene rings is 1. The number of aliphatic carboxylic acids is 1. The molecule has 0 aliphatic rings. The fourth-order valence-electron chi connectivity index (χ4n) is 2.95. The van der Waals surface area contributed by atoms with Gasteiger partial charge in [0.15, 0.2) is 0 Å². The molecule has 0 saturated carbocycles. The summed E-state index contributed by atoms with van der Waals surface area (Å²) in [7, 11) is 0. The van der Waals surface area contributed by atoms with Gasteiger partial charge in [0.2, 0.25) is 0 Å². The molecule has 1 amide bonds. The maximum absolute atomic E-state index is 12.5. The number of hydrogen-bond donors (Lipinski definition) is 3. The smallest absolute Gasteiger partial charge is 0.417 e. The maximum Gasteiger partial charge on any atom is 0.417 e. The molecule has 10 heteroatoms. The number of carboxylic acid groups (broad SMARTS) is 1. The van der Waals surface area contributed by atoms with E-state index in [0.717, 1.165) is 30.7 Å². The lowest BCUT2D eigenvalue weighted by Crippen LogP contribution is -2.26. The van der Waals surface area contributed by atoms with Crippen LogP contribution >= 0.6 is 0 Å². The minimum absolute atomic E-state index is 0.0958. The summed E-state index contributed by atoms with van der Waals surface area (Å²) in [6, 6.07) is 13.3. The Kier molecular flexibility index (Phi) is 10.4. The van der Waals surface area contributed by atoms with Gasteiger partial charge in [-0.25, -0.2) is 4.98 Å². The van der Waals surface area contributed by atoms with E-state index < -0.39 is 17.7 Å². The number of aromatic nitrogens is 2. The summed E-state index contributed by atoms with van der Waals surface area (Å²) in [5, 5.41) is 10.8. The zero-order valence-electron chi connectivity index (χ0n) is 20.0. The number of nitrogens with two attached hydrogens (primary N) is 1. The lowest BCUT2D eigenvalue weighted by molar-refractivity contribution is -0.138. The van der Waals surface area contributed by atoms with Crippen LogP contribution in [0.25, 0.3) is 11.3 Å². The third kappa shape index (κ3) is 9.73. The highest BCUT2D eigenvalue weighted by atomic mass is 19.4. The zero-order valence-corrected chi connectivity index (χ0v) is 20.0. The predicted octanol–water partition coefficient (Wildman–Crippen LogP) is 5.22. The molecular weight excluding hydrogens is 473 g/mol. The number of carbonyl (C=O) groups excluding carboxylic acids is 1. The minimum Gasteiger partial charge on any atom is -0.481 e. The van der Waals surface area contributed by atoms with Gasteiger partial charge in [-0.1, -0.05) is 38.1 Å². The molecule has 192 valence electrons. The van der Waals surface area contributed by atoms with Crippen molar-refractivity contribution in [2.24, 2.45) is 5.92 Å². The molecule has 7 nitrogen and oxygen atoms in total. The lowest BCUT2D eigenvalue weighted by atomic mass is 10.0. The molecule has 3 rings (SSSR count). The molecule has 0 aliphatic carbocycles. The van der Waals surface area contributed by atoms with E-state index in [4.69, 9.17) is 10.8 Å². The fourth-order valence-corrected chi connectivity index (χ4v) is 2.95. The summed E-state index contributed by atoms with van der Waals surface area (Å²) in [4.78, 5) is 29.2. The first-order valence-electron chi connectivity index (χ1n) is 11.3. The third-order valence-corrected chi connectivity index (χ3v) is 5.02. The summed E-state index contributed by atoms with van der Waals surface area (Å²) in [5.74, 6) is -0.326. The van der Waals surface area contributed by atoms with Crippen LogP contribution in [-0.2, 0) is 17.4 Å². The van der Waals surface area contributed by atoms with Gasteiger partial charge in [0.1, 0.15) is 5.82 Å². The van der Waals surface area contributed by atoms with E-state index in [1.165, 1.54) is 30.0 Å². The van der Waals surface area contributed by atoms with Crippen LogP contribution in [0.5, 0.6) is 0 Å². The van der Waals surface area contributed by atoms with E-state index in [-0.39, 0.29) is 18.9 Å². The topological polar surface area (TPSA) is 118 Å². The quantitative estimate of drug-likeness (QED) is 0.389. The molecule has 2 heterocycles. The van der Waals surface area contributed by atoms with Crippen molar-refractivity contribution in [1.82, 2.24) is 15.3 Å². The van der Waals surface area contributed by atoms with Crippen LogP contribution in [0, 0.1) is 5.92 Å². The van der Waals surface area contributed by atoms with Crippen LogP contribution in [0.2, 0.25) is 0 Å². The molecule has 0 fully saturated rings. The SMILES string of the molecule is CC(C)CCc1ccc(-c2ccc(C(F)(F)F)cn2)cc1.Nc1ccc(C(=O)NCCC(=O)O)cn1. The minimum atomic E-state index is -4.34. The molecule has 0 radical (unpaired) electrons.